The first-order chi connectivity index (χ1) is 8.84. The number of hydrogen-bond donors (Lipinski definition) is 1. The maximum Gasteiger partial charge on any atom is 0.0345 e. The molecule has 0 bridgehead atoms. The van der Waals surface area contributed by atoms with E-state index in [1.165, 1.54) is 28.6 Å². The van der Waals surface area contributed by atoms with E-state index in [2.05, 4.69) is 46.9 Å². The standard InChI is InChI=1S/C15H20N2S/c1-17(13-6-8-16-10-13)9-7-12-11-18-15-5-3-2-4-14(12)15/h2-5,11,13,16H,6-10H2,1H3. The molecule has 0 spiro atoms. The van der Waals surface area contributed by atoms with Crippen molar-refractivity contribution in [3.8, 4) is 0 Å². The summed E-state index contributed by atoms with van der Waals surface area (Å²) in [5.41, 5.74) is 1.51. The summed E-state index contributed by atoms with van der Waals surface area (Å²) in [6.45, 7) is 3.49. The van der Waals surface area contributed by atoms with Gasteiger partial charge in [-0.15, -0.1) is 11.3 Å². The van der Waals surface area contributed by atoms with Gasteiger partial charge in [0.2, 0.25) is 0 Å². The minimum absolute atomic E-state index is 0.731. The maximum absolute atomic E-state index is 3.44. The van der Waals surface area contributed by atoms with Crippen LogP contribution in [0.3, 0.4) is 0 Å². The molecule has 0 radical (unpaired) electrons. The summed E-state index contributed by atoms with van der Waals surface area (Å²) in [6.07, 6.45) is 2.46. The topological polar surface area (TPSA) is 15.3 Å². The highest BCUT2D eigenvalue weighted by Crippen LogP contribution is 2.26. The minimum atomic E-state index is 0.731. The number of hydrogen-bond acceptors (Lipinski definition) is 3. The molecule has 1 aliphatic rings. The molecule has 3 rings (SSSR count). The van der Waals surface area contributed by atoms with E-state index in [0.717, 1.165) is 25.6 Å². The molecule has 18 heavy (non-hydrogen) atoms. The molecule has 2 heterocycles. The Hall–Kier alpha value is -0.900. The van der Waals surface area contributed by atoms with Gasteiger partial charge in [-0.1, -0.05) is 18.2 Å². The minimum Gasteiger partial charge on any atom is -0.315 e. The fraction of sp³-hybridized carbons (Fsp3) is 0.467. The lowest BCUT2D eigenvalue weighted by atomic mass is 10.1. The van der Waals surface area contributed by atoms with E-state index in [1.54, 1.807) is 0 Å². The number of fused-ring (bicyclic) bond motifs is 1. The van der Waals surface area contributed by atoms with Crippen LogP contribution in [0.5, 0.6) is 0 Å². The van der Waals surface area contributed by atoms with Crippen LogP contribution < -0.4 is 5.32 Å². The van der Waals surface area contributed by atoms with Crippen molar-refractivity contribution in [2.24, 2.45) is 0 Å². The summed E-state index contributed by atoms with van der Waals surface area (Å²) in [4.78, 5) is 2.51. The highest BCUT2D eigenvalue weighted by Gasteiger charge is 2.18. The Morgan fingerprint density at radius 2 is 2.28 bits per heavy atom. The van der Waals surface area contributed by atoms with Crippen molar-refractivity contribution < 1.29 is 0 Å². The average molecular weight is 260 g/mol. The molecule has 0 saturated carbocycles. The van der Waals surface area contributed by atoms with Crippen LogP contribution in [0.15, 0.2) is 29.6 Å². The number of thiophene rings is 1. The molecule has 1 N–H and O–H groups in total. The molecule has 2 nitrogen and oxygen atoms in total. The zero-order chi connectivity index (χ0) is 12.4. The number of benzene rings is 1. The van der Waals surface area contributed by atoms with Crippen molar-refractivity contribution in [2.75, 3.05) is 26.7 Å². The van der Waals surface area contributed by atoms with Crippen molar-refractivity contribution >= 4 is 21.4 Å². The van der Waals surface area contributed by atoms with Crippen LogP contribution in [0.25, 0.3) is 10.1 Å². The largest absolute Gasteiger partial charge is 0.315 e. The molecule has 0 amide bonds. The van der Waals surface area contributed by atoms with Crippen molar-refractivity contribution in [3.05, 3.63) is 35.2 Å². The highest BCUT2D eigenvalue weighted by atomic mass is 32.1. The Balaban J connectivity index is 1.65. The van der Waals surface area contributed by atoms with Crippen molar-refractivity contribution in [3.63, 3.8) is 0 Å². The smallest absolute Gasteiger partial charge is 0.0345 e. The quantitative estimate of drug-likeness (QED) is 0.909. The van der Waals surface area contributed by atoms with Crippen LogP contribution in [-0.2, 0) is 6.42 Å². The average Bonchev–Trinajstić information content (AvgIpc) is 3.06. The van der Waals surface area contributed by atoms with Crippen LogP contribution in [0.2, 0.25) is 0 Å². The van der Waals surface area contributed by atoms with E-state index in [4.69, 9.17) is 0 Å². The number of likely N-dealkylation sites (N-methyl/N-ethyl adjacent to an activating group) is 1. The molecule has 2 aromatic rings. The zero-order valence-corrected chi connectivity index (χ0v) is 11.7. The van der Waals surface area contributed by atoms with Gasteiger partial charge in [0.05, 0.1) is 0 Å². The first-order valence-corrected chi connectivity index (χ1v) is 7.58. The van der Waals surface area contributed by atoms with E-state index in [9.17, 15) is 0 Å². The summed E-state index contributed by atoms with van der Waals surface area (Å²) < 4.78 is 1.41. The Kier molecular flexibility index (Phi) is 3.64. The van der Waals surface area contributed by atoms with E-state index < -0.39 is 0 Å². The SMILES string of the molecule is CN(CCc1csc2ccccc12)C1CCNC1. The fourth-order valence-electron chi connectivity index (χ4n) is 2.72. The van der Waals surface area contributed by atoms with E-state index in [-0.39, 0.29) is 0 Å². The Bertz CT molecular complexity index is 514. The van der Waals surface area contributed by atoms with Crippen LogP contribution in [0, 0.1) is 0 Å². The molecule has 3 heteroatoms. The molecular formula is C15H20N2S. The summed E-state index contributed by atoms with van der Waals surface area (Å²) in [5, 5.41) is 7.21. The molecule has 1 fully saturated rings. The van der Waals surface area contributed by atoms with Gasteiger partial charge in [-0.3, -0.25) is 0 Å². The first kappa shape index (κ1) is 12.2. The first-order valence-electron chi connectivity index (χ1n) is 6.70. The molecule has 1 atom stereocenters. The van der Waals surface area contributed by atoms with E-state index in [1.807, 2.05) is 11.3 Å². The fourth-order valence-corrected chi connectivity index (χ4v) is 3.72. The molecule has 1 saturated heterocycles. The Morgan fingerprint density at radius 3 is 3.11 bits per heavy atom. The second-order valence-electron chi connectivity index (χ2n) is 5.13. The van der Waals surface area contributed by atoms with Gasteiger partial charge in [0, 0.05) is 23.8 Å². The van der Waals surface area contributed by atoms with Gasteiger partial charge in [0.25, 0.3) is 0 Å². The van der Waals surface area contributed by atoms with Gasteiger partial charge in [-0.05, 0) is 48.8 Å². The Morgan fingerprint density at radius 1 is 1.39 bits per heavy atom. The molecule has 96 valence electrons. The van der Waals surface area contributed by atoms with Gasteiger partial charge >= 0.3 is 0 Å². The molecule has 0 aliphatic carbocycles. The predicted octanol–water partition coefficient (Wildman–Crippen LogP) is 2.74. The Labute approximate surface area is 113 Å². The van der Waals surface area contributed by atoms with Gasteiger partial charge in [0.15, 0.2) is 0 Å². The van der Waals surface area contributed by atoms with Crippen LogP contribution >= 0.6 is 11.3 Å². The molecule has 1 aliphatic heterocycles. The van der Waals surface area contributed by atoms with Gasteiger partial charge < -0.3 is 10.2 Å². The maximum atomic E-state index is 3.44. The zero-order valence-electron chi connectivity index (χ0n) is 10.9. The van der Waals surface area contributed by atoms with Crippen molar-refractivity contribution in [1.82, 2.24) is 10.2 Å². The number of nitrogens with one attached hydrogen (secondary N) is 1. The number of nitrogens with zero attached hydrogens (tertiary/aromatic N) is 1. The highest BCUT2D eigenvalue weighted by molar-refractivity contribution is 7.17. The summed E-state index contributed by atoms with van der Waals surface area (Å²) in [5.74, 6) is 0. The second-order valence-corrected chi connectivity index (χ2v) is 6.05. The van der Waals surface area contributed by atoms with Crippen molar-refractivity contribution in [1.29, 1.82) is 0 Å². The predicted molar refractivity (Wildman–Crippen MR) is 79.4 cm³/mol. The summed E-state index contributed by atoms with van der Waals surface area (Å²) in [6, 6.07) is 9.46. The summed E-state index contributed by atoms with van der Waals surface area (Å²) in [7, 11) is 2.26. The van der Waals surface area contributed by atoms with Crippen molar-refractivity contribution in [2.45, 2.75) is 18.9 Å². The lowest BCUT2D eigenvalue weighted by molar-refractivity contribution is 0.260. The second kappa shape index (κ2) is 5.39. The molecule has 1 aromatic heterocycles. The van der Waals surface area contributed by atoms with Gasteiger partial charge in [-0.2, -0.15) is 0 Å². The summed E-state index contributed by atoms with van der Waals surface area (Å²) >= 11 is 1.87. The monoisotopic (exact) mass is 260 g/mol. The van der Waals surface area contributed by atoms with Crippen LogP contribution in [-0.4, -0.2) is 37.6 Å². The van der Waals surface area contributed by atoms with E-state index in [0.29, 0.717) is 0 Å². The van der Waals surface area contributed by atoms with Crippen LogP contribution in [0.1, 0.15) is 12.0 Å². The molecule has 1 aromatic carbocycles. The lowest BCUT2D eigenvalue weighted by Gasteiger charge is -2.23. The molecular weight excluding hydrogens is 240 g/mol. The van der Waals surface area contributed by atoms with Crippen LogP contribution in [0.4, 0.5) is 0 Å². The van der Waals surface area contributed by atoms with E-state index >= 15 is 0 Å². The number of rotatable bonds is 4. The molecule has 1 unspecified atom stereocenters. The third kappa shape index (κ3) is 2.44. The lowest BCUT2D eigenvalue weighted by Crippen LogP contribution is -2.34. The van der Waals surface area contributed by atoms with Gasteiger partial charge in [0.1, 0.15) is 0 Å². The normalized spacial score (nSPS) is 20.0. The van der Waals surface area contributed by atoms with Gasteiger partial charge in [-0.25, -0.2) is 0 Å². The third-order valence-electron chi connectivity index (χ3n) is 3.95. The third-order valence-corrected chi connectivity index (χ3v) is 4.96.